The van der Waals surface area contributed by atoms with Crippen LogP contribution in [0.1, 0.15) is 35.1 Å². The summed E-state index contributed by atoms with van der Waals surface area (Å²) < 4.78 is 33.8. The molecule has 0 unspecified atom stereocenters. The molecule has 0 saturated heterocycles. The van der Waals surface area contributed by atoms with Crippen LogP contribution in [0.4, 0.5) is 11.4 Å². The number of anilines is 2. The number of benzene rings is 2. The van der Waals surface area contributed by atoms with Gasteiger partial charge < -0.3 is 9.84 Å². The maximum absolute atomic E-state index is 13.0. The van der Waals surface area contributed by atoms with Crippen molar-refractivity contribution in [3.8, 4) is 0 Å². The zero-order valence-corrected chi connectivity index (χ0v) is 18.0. The Morgan fingerprint density at radius 3 is 2.47 bits per heavy atom. The number of rotatable bonds is 6. The third-order valence-electron chi connectivity index (χ3n) is 4.51. The van der Waals surface area contributed by atoms with E-state index in [2.05, 4.69) is 15.2 Å². The van der Waals surface area contributed by atoms with Crippen molar-refractivity contribution in [3.05, 3.63) is 70.6 Å². The average Bonchev–Trinajstić information content (AvgIpc) is 3.02. The van der Waals surface area contributed by atoms with E-state index in [1.807, 2.05) is 19.1 Å². The Hall–Kier alpha value is -3.39. The van der Waals surface area contributed by atoms with Gasteiger partial charge in [-0.1, -0.05) is 41.6 Å². The minimum absolute atomic E-state index is 0.184. The summed E-state index contributed by atoms with van der Waals surface area (Å²) in [6.45, 7) is 6.71. The van der Waals surface area contributed by atoms with Gasteiger partial charge in [0.1, 0.15) is 11.4 Å². The van der Waals surface area contributed by atoms with Gasteiger partial charge in [0.05, 0.1) is 10.6 Å². The number of hydrogen-bond acceptors (Lipinski definition) is 5. The van der Waals surface area contributed by atoms with E-state index in [0.717, 1.165) is 5.56 Å². The Balaban J connectivity index is 1.92. The molecule has 8 heteroatoms. The Labute approximate surface area is 175 Å². The molecule has 0 aliphatic carbocycles. The summed E-state index contributed by atoms with van der Waals surface area (Å²) >= 11 is 0. The molecule has 1 heterocycles. The van der Waals surface area contributed by atoms with Crippen molar-refractivity contribution in [2.24, 2.45) is 0 Å². The van der Waals surface area contributed by atoms with Crippen molar-refractivity contribution in [3.63, 3.8) is 0 Å². The third kappa shape index (κ3) is 4.77. The average molecular weight is 426 g/mol. The maximum Gasteiger partial charge on any atom is 0.262 e. The molecule has 7 nitrogen and oxygen atoms in total. The second-order valence-electron chi connectivity index (χ2n) is 6.97. The fourth-order valence-corrected chi connectivity index (χ4v) is 4.31. The van der Waals surface area contributed by atoms with Crippen LogP contribution in [0.5, 0.6) is 0 Å². The molecule has 0 aliphatic heterocycles. The van der Waals surface area contributed by atoms with Crippen LogP contribution in [-0.4, -0.2) is 19.5 Å². The lowest BCUT2D eigenvalue weighted by atomic mass is 10.1. The Morgan fingerprint density at radius 1 is 1.03 bits per heavy atom. The van der Waals surface area contributed by atoms with Crippen LogP contribution >= 0.6 is 0 Å². The van der Waals surface area contributed by atoms with Crippen molar-refractivity contribution in [2.75, 3.05) is 10.0 Å². The minimum atomic E-state index is -3.77. The normalized spacial score (nSPS) is 11.6. The largest absolute Gasteiger partial charge is 0.354 e. The first-order valence-corrected chi connectivity index (χ1v) is 10.8. The lowest BCUT2D eigenvalue weighted by Crippen LogP contribution is -2.15. The molecule has 30 heavy (non-hydrogen) atoms. The highest BCUT2D eigenvalue weighted by Gasteiger charge is 2.18. The Morgan fingerprint density at radius 2 is 1.77 bits per heavy atom. The zero-order valence-electron chi connectivity index (χ0n) is 17.2. The number of hydrogen-bond donors (Lipinski definition) is 2. The highest BCUT2D eigenvalue weighted by Crippen LogP contribution is 2.25. The van der Waals surface area contributed by atoms with Crippen molar-refractivity contribution in [1.29, 1.82) is 0 Å². The van der Waals surface area contributed by atoms with Gasteiger partial charge in [-0.05, 0) is 55.7 Å². The van der Waals surface area contributed by atoms with Gasteiger partial charge in [0, 0.05) is 6.92 Å². The van der Waals surface area contributed by atoms with Gasteiger partial charge >= 0.3 is 0 Å². The lowest BCUT2D eigenvalue weighted by Gasteiger charge is -2.13. The van der Waals surface area contributed by atoms with Gasteiger partial charge in [0.2, 0.25) is 5.91 Å². The Bertz CT molecular complexity index is 1230. The van der Waals surface area contributed by atoms with E-state index in [-0.39, 0.29) is 10.8 Å². The summed E-state index contributed by atoms with van der Waals surface area (Å²) in [5, 5.41) is 6.54. The van der Waals surface area contributed by atoms with E-state index in [0.29, 0.717) is 34.0 Å². The summed E-state index contributed by atoms with van der Waals surface area (Å²) in [5.41, 5.74) is 3.70. The minimum Gasteiger partial charge on any atom is -0.354 e. The van der Waals surface area contributed by atoms with E-state index in [1.54, 1.807) is 56.3 Å². The third-order valence-corrected chi connectivity index (χ3v) is 6.02. The van der Waals surface area contributed by atoms with Crippen LogP contribution in [0, 0.1) is 20.8 Å². The van der Waals surface area contributed by atoms with E-state index >= 15 is 0 Å². The number of carbonyl (C=O) groups excluding carboxylic acids is 1. The van der Waals surface area contributed by atoms with Gasteiger partial charge in [0.15, 0.2) is 5.76 Å². The second kappa shape index (κ2) is 8.54. The number of amides is 1. The predicted octanol–water partition coefficient (Wildman–Crippen LogP) is 4.53. The molecule has 3 aromatic rings. The van der Waals surface area contributed by atoms with Crippen molar-refractivity contribution >= 4 is 39.5 Å². The number of para-hydroxylation sites is 1. The van der Waals surface area contributed by atoms with E-state index in [9.17, 15) is 13.2 Å². The molecule has 156 valence electrons. The van der Waals surface area contributed by atoms with Crippen molar-refractivity contribution < 1.29 is 17.7 Å². The fourth-order valence-electron chi connectivity index (χ4n) is 2.90. The first-order valence-electron chi connectivity index (χ1n) is 9.28. The molecule has 1 aromatic heterocycles. The predicted molar refractivity (Wildman–Crippen MR) is 118 cm³/mol. The topological polar surface area (TPSA) is 101 Å². The highest BCUT2D eigenvalue weighted by atomic mass is 32.2. The van der Waals surface area contributed by atoms with Gasteiger partial charge in [-0.3, -0.25) is 9.52 Å². The smallest absolute Gasteiger partial charge is 0.262 e. The van der Waals surface area contributed by atoms with Crippen molar-refractivity contribution in [2.45, 2.75) is 32.6 Å². The zero-order chi connectivity index (χ0) is 21.9. The van der Waals surface area contributed by atoms with Crippen LogP contribution in [0.3, 0.4) is 0 Å². The second-order valence-corrected chi connectivity index (χ2v) is 8.62. The molecule has 0 aliphatic rings. The summed E-state index contributed by atoms with van der Waals surface area (Å²) in [7, 11) is -3.77. The number of nitrogens with one attached hydrogen (secondary N) is 2. The van der Waals surface area contributed by atoms with Gasteiger partial charge in [-0.2, -0.15) is 0 Å². The molecule has 0 spiro atoms. The number of nitrogens with zero attached hydrogens (tertiary/aromatic N) is 1. The van der Waals surface area contributed by atoms with Crippen LogP contribution < -0.4 is 10.0 Å². The van der Waals surface area contributed by atoms with E-state index < -0.39 is 10.0 Å². The van der Waals surface area contributed by atoms with E-state index in [4.69, 9.17) is 4.52 Å². The van der Waals surface area contributed by atoms with Crippen LogP contribution in [-0.2, 0) is 14.8 Å². The summed E-state index contributed by atoms with van der Waals surface area (Å²) in [6, 6.07) is 12.3. The van der Waals surface area contributed by atoms with Gasteiger partial charge in [-0.15, -0.1) is 0 Å². The van der Waals surface area contributed by atoms with E-state index in [1.165, 1.54) is 6.92 Å². The number of aryl methyl sites for hydroxylation is 3. The van der Waals surface area contributed by atoms with Crippen LogP contribution in [0.2, 0.25) is 0 Å². The summed E-state index contributed by atoms with van der Waals surface area (Å²) in [5.74, 6) is 0.146. The molecule has 2 N–H and O–H groups in total. The maximum atomic E-state index is 13.0. The molecule has 2 aromatic carbocycles. The first-order chi connectivity index (χ1) is 14.2. The quantitative estimate of drug-likeness (QED) is 0.604. The van der Waals surface area contributed by atoms with Crippen molar-refractivity contribution in [1.82, 2.24) is 5.16 Å². The number of carbonyl (C=O) groups is 1. The lowest BCUT2D eigenvalue weighted by molar-refractivity contribution is -0.114. The molecule has 1 amide bonds. The monoisotopic (exact) mass is 425 g/mol. The molecule has 0 saturated carbocycles. The molecular formula is C22H23N3O4S. The first kappa shape index (κ1) is 21.3. The highest BCUT2D eigenvalue weighted by molar-refractivity contribution is 7.92. The molecule has 0 fully saturated rings. The number of sulfonamides is 1. The standard InChI is InChI=1S/C22H23N3O4S/c1-14-7-5-6-8-19(14)25-30(27,28)21-13-18(10-9-15(21)2)11-12-20-22(23-17(4)26)16(3)24-29-20/h5-13,25H,1-4H3,(H,23,26)/b12-11-. The summed E-state index contributed by atoms with van der Waals surface area (Å²) in [6.07, 6.45) is 3.35. The van der Waals surface area contributed by atoms with Crippen LogP contribution in [0.15, 0.2) is 51.9 Å². The fraction of sp³-hybridized carbons (Fsp3) is 0.182. The summed E-state index contributed by atoms with van der Waals surface area (Å²) in [4.78, 5) is 11.6. The van der Waals surface area contributed by atoms with Crippen LogP contribution in [0.25, 0.3) is 12.2 Å². The molecule has 3 rings (SSSR count). The molecule has 0 atom stereocenters. The van der Waals surface area contributed by atoms with Gasteiger partial charge in [0.25, 0.3) is 10.0 Å². The molecular weight excluding hydrogens is 402 g/mol. The number of aromatic nitrogens is 1. The SMILES string of the molecule is CC(=O)Nc1c(C)noc1/C=C\c1ccc(C)c(S(=O)(=O)Nc2ccccc2C)c1. The molecule has 0 radical (unpaired) electrons. The Kier molecular flexibility index (Phi) is 6.07. The molecule has 0 bridgehead atoms. The van der Waals surface area contributed by atoms with Gasteiger partial charge in [-0.25, -0.2) is 8.42 Å².